The number of methoxy groups -OCH3 is 1. The Balaban J connectivity index is 1.78. The molecular formula is C26H28N4O2. The van der Waals surface area contributed by atoms with E-state index in [-0.39, 0.29) is 12.6 Å². The fourth-order valence-electron chi connectivity index (χ4n) is 4.63. The molecule has 32 heavy (non-hydrogen) atoms. The molecular weight excluding hydrogens is 400 g/mol. The van der Waals surface area contributed by atoms with Gasteiger partial charge in [-0.05, 0) is 44.4 Å². The summed E-state index contributed by atoms with van der Waals surface area (Å²) in [5.74, 6) is 1.67. The molecule has 1 N–H and O–H groups in total. The number of aromatic nitrogens is 3. The SMILES string of the molecule is COc1cccc(-c2cc(N3CCCC3CO)nc3c(-c4ccc(C)cc4)c(C)nn23)c1. The predicted octanol–water partition coefficient (Wildman–Crippen LogP) is 4.65. The van der Waals surface area contributed by atoms with E-state index < -0.39 is 0 Å². The molecule has 0 radical (unpaired) electrons. The van der Waals surface area contributed by atoms with Crippen LogP contribution in [0, 0.1) is 13.8 Å². The fourth-order valence-corrected chi connectivity index (χ4v) is 4.63. The van der Waals surface area contributed by atoms with Gasteiger partial charge in [-0.1, -0.05) is 42.0 Å². The molecule has 0 aliphatic carbocycles. The average Bonchev–Trinajstić information content (AvgIpc) is 3.42. The van der Waals surface area contributed by atoms with Crippen LogP contribution in [-0.4, -0.2) is 46.0 Å². The average molecular weight is 429 g/mol. The van der Waals surface area contributed by atoms with Gasteiger partial charge in [-0.15, -0.1) is 0 Å². The summed E-state index contributed by atoms with van der Waals surface area (Å²) in [7, 11) is 1.68. The van der Waals surface area contributed by atoms with E-state index in [0.29, 0.717) is 0 Å². The van der Waals surface area contributed by atoms with Crippen LogP contribution in [0.1, 0.15) is 24.1 Å². The van der Waals surface area contributed by atoms with Gasteiger partial charge in [0.05, 0.1) is 31.1 Å². The third-order valence-electron chi connectivity index (χ3n) is 6.34. The van der Waals surface area contributed by atoms with Crippen LogP contribution in [0.4, 0.5) is 5.82 Å². The van der Waals surface area contributed by atoms with Crippen molar-refractivity contribution in [2.24, 2.45) is 0 Å². The van der Waals surface area contributed by atoms with Gasteiger partial charge in [0.15, 0.2) is 5.65 Å². The second-order valence-corrected chi connectivity index (χ2v) is 8.47. The third-order valence-corrected chi connectivity index (χ3v) is 6.34. The molecule has 1 saturated heterocycles. The Morgan fingerprint density at radius 3 is 2.62 bits per heavy atom. The Bertz CT molecular complexity index is 1260. The van der Waals surface area contributed by atoms with Crippen molar-refractivity contribution >= 4 is 11.5 Å². The summed E-state index contributed by atoms with van der Waals surface area (Å²) >= 11 is 0. The third kappa shape index (κ3) is 3.50. The second-order valence-electron chi connectivity index (χ2n) is 8.47. The Kier molecular flexibility index (Phi) is 5.31. The zero-order valence-electron chi connectivity index (χ0n) is 18.7. The largest absolute Gasteiger partial charge is 0.497 e. The summed E-state index contributed by atoms with van der Waals surface area (Å²) in [5, 5.41) is 14.8. The van der Waals surface area contributed by atoms with E-state index in [1.165, 1.54) is 5.56 Å². The molecule has 0 amide bonds. The molecule has 1 atom stereocenters. The molecule has 1 aliphatic heterocycles. The number of nitrogens with zero attached hydrogens (tertiary/aromatic N) is 4. The van der Waals surface area contributed by atoms with Crippen molar-refractivity contribution in [3.05, 3.63) is 65.9 Å². The van der Waals surface area contributed by atoms with E-state index in [2.05, 4.69) is 48.2 Å². The fraction of sp³-hybridized carbons (Fsp3) is 0.308. The summed E-state index contributed by atoms with van der Waals surface area (Å²) in [5.41, 5.74) is 7.08. The Hall–Kier alpha value is -3.38. The second kappa shape index (κ2) is 8.28. The number of rotatable bonds is 5. The molecule has 6 nitrogen and oxygen atoms in total. The van der Waals surface area contributed by atoms with Gasteiger partial charge in [0.25, 0.3) is 0 Å². The molecule has 1 unspecified atom stereocenters. The minimum absolute atomic E-state index is 0.0925. The molecule has 6 heteroatoms. The van der Waals surface area contributed by atoms with Crippen molar-refractivity contribution in [3.8, 4) is 28.1 Å². The number of ether oxygens (including phenoxy) is 1. The maximum Gasteiger partial charge on any atom is 0.166 e. The lowest BCUT2D eigenvalue weighted by Crippen LogP contribution is -2.32. The van der Waals surface area contributed by atoms with Gasteiger partial charge in [-0.25, -0.2) is 9.50 Å². The van der Waals surface area contributed by atoms with E-state index in [9.17, 15) is 5.11 Å². The maximum absolute atomic E-state index is 9.92. The first-order valence-corrected chi connectivity index (χ1v) is 11.1. The molecule has 1 aliphatic rings. The van der Waals surface area contributed by atoms with Crippen molar-refractivity contribution < 1.29 is 9.84 Å². The molecule has 0 saturated carbocycles. The van der Waals surface area contributed by atoms with Crippen molar-refractivity contribution in [2.75, 3.05) is 25.2 Å². The normalized spacial score (nSPS) is 16.1. The van der Waals surface area contributed by atoms with Gasteiger partial charge in [-0.3, -0.25) is 0 Å². The van der Waals surface area contributed by atoms with Gasteiger partial charge in [0.1, 0.15) is 11.6 Å². The van der Waals surface area contributed by atoms with E-state index in [4.69, 9.17) is 14.8 Å². The number of benzene rings is 2. The highest BCUT2D eigenvalue weighted by Gasteiger charge is 2.27. The van der Waals surface area contributed by atoms with Crippen LogP contribution in [0.15, 0.2) is 54.6 Å². The summed E-state index contributed by atoms with van der Waals surface area (Å²) in [6.45, 7) is 5.14. The van der Waals surface area contributed by atoms with Gasteiger partial charge >= 0.3 is 0 Å². The van der Waals surface area contributed by atoms with Crippen molar-refractivity contribution in [1.82, 2.24) is 14.6 Å². The zero-order valence-corrected chi connectivity index (χ0v) is 18.7. The van der Waals surface area contributed by atoms with E-state index in [1.54, 1.807) is 7.11 Å². The molecule has 164 valence electrons. The van der Waals surface area contributed by atoms with Gasteiger partial charge < -0.3 is 14.7 Å². The molecule has 4 aromatic rings. The van der Waals surface area contributed by atoms with Crippen molar-refractivity contribution in [2.45, 2.75) is 32.7 Å². The minimum atomic E-state index is 0.0925. The number of hydrogen-bond acceptors (Lipinski definition) is 5. The van der Waals surface area contributed by atoms with Crippen LogP contribution in [0.5, 0.6) is 5.75 Å². The van der Waals surface area contributed by atoms with Gasteiger partial charge in [0.2, 0.25) is 0 Å². The van der Waals surface area contributed by atoms with Gasteiger partial charge in [-0.2, -0.15) is 5.10 Å². The van der Waals surface area contributed by atoms with Crippen LogP contribution >= 0.6 is 0 Å². The smallest absolute Gasteiger partial charge is 0.166 e. The van der Waals surface area contributed by atoms with Crippen molar-refractivity contribution in [1.29, 1.82) is 0 Å². The molecule has 5 rings (SSSR count). The van der Waals surface area contributed by atoms with Crippen LogP contribution in [0.2, 0.25) is 0 Å². The first-order chi connectivity index (χ1) is 15.6. The van der Waals surface area contributed by atoms with E-state index >= 15 is 0 Å². The van der Waals surface area contributed by atoms with Crippen LogP contribution < -0.4 is 9.64 Å². The Morgan fingerprint density at radius 1 is 1.06 bits per heavy atom. The Labute approximate surface area is 188 Å². The van der Waals surface area contributed by atoms with Crippen molar-refractivity contribution in [3.63, 3.8) is 0 Å². The zero-order chi connectivity index (χ0) is 22.2. The van der Waals surface area contributed by atoms with Crippen LogP contribution in [-0.2, 0) is 0 Å². The first kappa shape index (κ1) is 20.5. The topological polar surface area (TPSA) is 62.9 Å². The molecule has 3 heterocycles. The lowest BCUT2D eigenvalue weighted by molar-refractivity contribution is 0.266. The molecule has 0 bridgehead atoms. The lowest BCUT2D eigenvalue weighted by atomic mass is 10.0. The highest BCUT2D eigenvalue weighted by Crippen LogP contribution is 2.35. The summed E-state index contributed by atoms with van der Waals surface area (Å²) in [6.07, 6.45) is 2.02. The van der Waals surface area contributed by atoms with E-state index in [1.807, 2.05) is 29.6 Å². The summed E-state index contributed by atoms with van der Waals surface area (Å²) in [4.78, 5) is 7.31. The lowest BCUT2D eigenvalue weighted by Gasteiger charge is -2.25. The molecule has 2 aromatic heterocycles. The van der Waals surface area contributed by atoms with Crippen LogP contribution in [0.25, 0.3) is 28.0 Å². The number of fused-ring (bicyclic) bond motifs is 1. The summed E-state index contributed by atoms with van der Waals surface area (Å²) < 4.78 is 7.41. The minimum Gasteiger partial charge on any atom is -0.497 e. The maximum atomic E-state index is 9.92. The van der Waals surface area contributed by atoms with Crippen LogP contribution in [0.3, 0.4) is 0 Å². The number of aliphatic hydroxyl groups is 1. The monoisotopic (exact) mass is 428 g/mol. The first-order valence-electron chi connectivity index (χ1n) is 11.1. The predicted molar refractivity (Wildman–Crippen MR) is 127 cm³/mol. The van der Waals surface area contributed by atoms with E-state index in [0.717, 1.165) is 64.7 Å². The number of anilines is 1. The number of aryl methyl sites for hydroxylation is 2. The standard InChI is InChI=1S/C26H28N4O2/c1-17-9-11-19(12-10-17)25-18(2)28-30-23(20-6-4-8-22(14-20)32-3)15-24(27-26(25)30)29-13-5-7-21(29)16-31/h4,6,8-12,14-15,21,31H,5,7,13,16H2,1-3H3. The number of aliphatic hydroxyl groups excluding tert-OH is 1. The van der Waals surface area contributed by atoms with Gasteiger partial charge in [0, 0.05) is 23.7 Å². The molecule has 1 fully saturated rings. The highest BCUT2D eigenvalue weighted by atomic mass is 16.5. The summed E-state index contributed by atoms with van der Waals surface area (Å²) in [6, 6.07) is 18.7. The molecule has 0 spiro atoms. The highest BCUT2D eigenvalue weighted by molar-refractivity contribution is 5.83. The Morgan fingerprint density at radius 2 is 1.88 bits per heavy atom. The number of hydrogen-bond donors (Lipinski definition) is 1. The molecule has 2 aromatic carbocycles. The quantitative estimate of drug-likeness (QED) is 0.501.